The Balaban J connectivity index is 2.18. The fraction of sp³-hybridized carbons (Fsp3) is 0.273. The molecule has 0 saturated heterocycles. The van der Waals surface area contributed by atoms with Crippen LogP contribution in [0.15, 0.2) is 53.6 Å². The van der Waals surface area contributed by atoms with Crippen molar-refractivity contribution in [3.63, 3.8) is 0 Å². The molecule has 9 nitrogen and oxygen atoms in total. The average Bonchev–Trinajstić information content (AvgIpc) is 2.75. The molecule has 0 spiro atoms. The highest BCUT2D eigenvalue weighted by Crippen LogP contribution is 2.25. The van der Waals surface area contributed by atoms with Crippen LogP contribution in [0.25, 0.3) is 0 Å². The van der Waals surface area contributed by atoms with E-state index in [-0.39, 0.29) is 6.42 Å². The van der Waals surface area contributed by atoms with Crippen molar-refractivity contribution in [3.05, 3.63) is 64.8 Å². The third-order valence-corrected chi connectivity index (χ3v) is 4.64. The van der Waals surface area contributed by atoms with Crippen LogP contribution < -0.4 is 0 Å². The minimum absolute atomic E-state index is 0.126. The van der Waals surface area contributed by atoms with Gasteiger partial charge in [0.15, 0.2) is 0 Å². The Morgan fingerprint density at radius 3 is 2.52 bits per heavy atom. The molecule has 0 fully saturated rings. The molecule has 2 rings (SSSR count). The molecule has 0 saturated carbocycles. The SMILES string of the molecule is COC(=O)c1cccc(CC(C(=O)OC(=O)C2C=CC=C(C(=O)O)C2=C=O)N(C)C)c1. The van der Waals surface area contributed by atoms with Crippen LogP contribution in [0.5, 0.6) is 0 Å². The number of nitrogens with zero attached hydrogens (tertiary/aromatic N) is 1. The maximum absolute atomic E-state index is 12.7. The molecule has 31 heavy (non-hydrogen) atoms. The number of aliphatic carboxylic acids is 1. The van der Waals surface area contributed by atoms with Gasteiger partial charge in [-0.05, 0) is 44.3 Å². The van der Waals surface area contributed by atoms with Gasteiger partial charge in [0.2, 0.25) is 0 Å². The van der Waals surface area contributed by atoms with E-state index < -0.39 is 47.0 Å². The fourth-order valence-corrected chi connectivity index (χ4v) is 2.99. The molecule has 9 heteroatoms. The number of carboxylic acid groups (broad SMARTS) is 1. The van der Waals surface area contributed by atoms with Crippen LogP contribution in [0.4, 0.5) is 0 Å². The molecule has 0 amide bonds. The largest absolute Gasteiger partial charge is 0.478 e. The predicted octanol–water partition coefficient (Wildman–Crippen LogP) is 0.971. The quantitative estimate of drug-likeness (QED) is 0.385. The first-order valence-corrected chi connectivity index (χ1v) is 9.16. The summed E-state index contributed by atoms with van der Waals surface area (Å²) < 4.78 is 9.65. The zero-order chi connectivity index (χ0) is 23.1. The highest BCUT2D eigenvalue weighted by Gasteiger charge is 2.34. The van der Waals surface area contributed by atoms with E-state index in [4.69, 9.17) is 9.84 Å². The van der Waals surface area contributed by atoms with E-state index in [1.807, 2.05) is 0 Å². The first-order valence-electron chi connectivity index (χ1n) is 9.16. The minimum atomic E-state index is -1.40. The van der Waals surface area contributed by atoms with Gasteiger partial charge in [0.05, 0.1) is 23.8 Å². The van der Waals surface area contributed by atoms with E-state index in [0.29, 0.717) is 11.1 Å². The molecule has 1 aromatic carbocycles. The van der Waals surface area contributed by atoms with Gasteiger partial charge >= 0.3 is 23.9 Å². The Labute approximate surface area is 178 Å². The van der Waals surface area contributed by atoms with Crippen molar-refractivity contribution in [2.24, 2.45) is 5.92 Å². The molecular formula is C22H21NO8. The van der Waals surface area contributed by atoms with E-state index in [1.165, 1.54) is 30.1 Å². The zero-order valence-electron chi connectivity index (χ0n) is 17.2. The van der Waals surface area contributed by atoms with Gasteiger partial charge in [-0.15, -0.1) is 0 Å². The summed E-state index contributed by atoms with van der Waals surface area (Å²) in [5.74, 6) is -3.80. The summed E-state index contributed by atoms with van der Waals surface area (Å²) in [6, 6.07) is 5.59. The van der Waals surface area contributed by atoms with Gasteiger partial charge in [0, 0.05) is 0 Å². The Kier molecular flexibility index (Phi) is 7.79. The molecule has 1 aliphatic carbocycles. The number of hydrogen-bond acceptors (Lipinski definition) is 8. The Hall–Kier alpha value is -3.81. The molecule has 0 radical (unpaired) electrons. The summed E-state index contributed by atoms with van der Waals surface area (Å²) in [4.78, 5) is 60.9. The van der Waals surface area contributed by atoms with Crippen LogP contribution in [0.3, 0.4) is 0 Å². The summed E-state index contributed by atoms with van der Waals surface area (Å²) >= 11 is 0. The molecule has 0 bridgehead atoms. The second-order valence-corrected chi connectivity index (χ2v) is 6.88. The molecule has 1 aliphatic rings. The van der Waals surface area contributed by atoms with Crippen molar-refractivity contribution in [3.8, 4) is 0 Å². The number of ether oxygens (including phenoxy) is 2. The summed E-state index contributed by atoms with van der Waals surface area (Å²) in [7, 11) is 4.49. The predicted molar refractivity (Wildman–Crippen MR) is 108 cm³/mol. The van der Waals surface area contributed by atoms with Crippen LogP contribution >= 0.6 is 0 Å². The maximum atomic E-state index is 12.7. The van der Waals surface area contributed by atoms with Gasteiger partial charge in [-0.1, -0.05) is 24.3 Å². The van der Waals surface area contributed by atoms with E-state index in [0.717, 1.165) is 6.08 Å². The smallest absolute Gasteiger partial charge is 0.337 e. The third-order valence-electron chi connectivity index (χ3n) is 4.64. The van der Waals surface area contributed by atoms with Crippen molar-refractivity contribution in [1.82, 2.24) is 4.90 Å². The van der Waals surface area contributed by atoms with Crippen molar-refractivity contribution in [2.45, 2.75) is 12.5 Å². The number of esters is 3. The second kappa shape index (κ2) is 10.3. The summed E-state index contributed by atoms with van der Waals surface area (Å²) in [5.41, 5.74) is 0.131. The standard InChI is InChI=1S/C22H21NO8/c1-23(2)18(11-13-6-4-7-14(10-13)20(27)30-3)22(29)31-21(28)16-9-5-8-15(19(25)26)17(16)12-24/h4-10,16,18H,11H2,1-3H3,(H,25,26). The second-order valence-electron chi connectivity index (χ2n) is 6.88. The Morgan fingerprint density at radius 2 is 1.94 bits per heavy atom. The number of benzene rings is 1. The molecule has 2 unspecified atom stereocenters. The van der Waals surface area contributed by atoms with Gasteiger partial charge in [-0.3, -0.25) is 9.69 Å². The lowest BCUT2D eigenvalue weighted by molar-refractivity contribution is -0.164. The normalized spacial score (nSPS) is 16.2. The first-order chi connectivity index (χ1) is 14.7. The zero-order valence-corrected chi connectivity index (χ0v) is 17.2. The molecule has 0 heterocycles. The van der Waals surface area contributed by atoms with E-state index in [2.05, 4.69) is 4.74 Å². The molecule has 0 aliphatic heterocycles. The molecule has 1 N–H and O–H groups in total. The van der Waals surface area contributed by atoms with Crippen molar-refractivity contribution in [2.75, 3.05) is 21.2 Å². The molecule has 0 aromatic heterocycles. The Bertz CT molecular complexity index is 1010. The number of hydrogen-bond donors (Lipinski definition) is 1. The highest BCUT2D eigenvalue weighted by atomic mass is 16.6. The van der Waals surface area contributed by atoms with Gasteiger partial charge in [0.25, 0.3) is 0 Å². The van der Waals surface area contributed by atoms with Gasteiger partial charge in [-0.2, -0.15) is 0 Å². The third kappa shape index (κ3) is 5.63. The molecule has 1 aromatic rings. The first kappa shape index (κ1) is 23.5. The number of allylic oxidation sites excluding steroid dienone is 2. The van der Waals surface area contributed by atoms with Crippen LogP contribution in [-0.4, -0.2) is 67.1 Å². The van der Waals surface area contributed by atoms with Crippen LogP contribution in [0.1, 0.15) is 15.9 Å². The van der Waals surface area contributed by atoms with Gasteiger partial charge < -0.3 is 14.6 Å². The lowest BCUT2D eigenvalue weighted by atomic mass is 9.89. The number of likely N-dealkylation sites (N-methyl/N-ethyl adjacent to an activating group) is 1. The number of rotatable bonds is 7. The van der Waals surface area contributed by atoms with Crippen LogP contribution in [0.2, 0.25) is 0 Å². The monoisotopic (exact) mass is 427 g/mol. The van der Waals surface area contributed by atoms with E-state index in [1.54, 1.807) is 38.4 Å². The topological polar surface area (TPSA) is 127 Å². The number of carboxylic acids is 1. The van der Waals surface area contributed by atoms with Crippen molar-refractivity contribution < 1.29 is 38.6 Å². The average molecular weight is 427 g/mol. The van der Waals surface area contributed by atoms with Gasteiger partial charge in [0.1, 0.15) is 17.9 Å². The number of carbonyl (C=O) groups is 4. The fourth-order valence-electron chi connectivity index (χ4n) is 2.99. The van der Waals surface area contributed by atoms with E-state index in [9.17, 15) is 24.0 Å². The van der Waals surface area contributed by atoms with E-state index >= 15 is 0 Å². The van der Waals surface area contributed by atoms with Crippen molar-refractivity contribution in [1.29, 1.82) is 0 Å². The van der Waals surface area contributed by atoms with Crippen LogP contribution in [-0.2, 0) is 35.1 Å². The van der Waals surface area contributed by atoms with Gasteiger partial charge in [-0.25, -0.2) is 19.2 Å². The number of methoxy groups -OCH3 is 1. The summed E-state index contributed by atoms with van der Waals surface area (Å²) in [5, 5.41) is 9.17. The number of carbonyl (C=O) groups excluding carboxylic acids is 4. The molecule has 2 atom stereocenters. The lowest BCUT2D eigenvalue weighted by Gasteiger charge is -2.23. The molecule has 162 valence electrons. The summed E-state index contributed by atoms with van der Waals surface area (Å²) in [6.45, 7) is 0. The van der Waals surface area contributed by atoms with Crippen LogP contribution in [0, 0.1) is 5.92 Å². The summed E-state index contributed by atoms with van der Waals surface area (Å²) in [6.07, 6.45) is 3.83. The van der Waals surface area contributed by atoms with Crippen molar-refractivity contribution >= 4 is 29.8 Å². The highest BCUT2D eigenvalue weighted by molar-refractivity contribution is 6.01. The molecular weight excluding hydrogens is 406 g/mol. The minimum Gasteiger partial charge on any atom is -0.478 e. The lowest BCUT2D eigenvalue weighted by Crippen LogP contribution is -2.41. The maximum Gasteiger partial charge on any atom is 0.337 e. The Morgan fingerprint density at radius 1 is 1.23 bits per heavy atom.